The number of carbonyl (C=O) groups is 2. The minimum atomic E-state index is -0.367. The van der Waals surface area contributed by atoms with Crippen LogP contribution in [0.3, 0.4) is 0 Å². The summed E-state index contributed by atoms with van der Waals surface area (Å²) in [6.07, 6.45) is 7.53. The lowest BCUT2D eigenvalue weighted by molar-refractivity contribution is -0.116. The molecule has 0 radical (unpaired) electrons. The maximum Gasteiger partial charge on any atom is 0.262 e. The Morgan fingerprint density at radius 2 is 1.97 bits per heavy atom. The molecule has 5 rings (SSSR count). The Labute approximate surface area is 177 Å². The molecule has 154 valence electrons. The van der Waals surface area contributed by atoms with Gasteiger partial charge in [0, 0.05) is 10.9 Å². The predicted molar refractivity (Wildman–Crippen MR) is 116 cm³/mol. The summed E-state index contributed by atoms with van der Waals surface area (Å²) in [6.45, 7) is -0.148. The summed E-state index contributed by atoms with van der Waals surface area (Å²) in [5.74, 6) is -0.562. The maximum atomic E-state index is 13.0. The fourth-order valence-corrected chi connectivity index (χ4v) is 5.14. The van der Waals surface area contributed by atoms with Gasteiger partial charge in [-0.3, -0.25) is 19.0 Å². The number of amides is 2. The molecular weight excluding hydrogens is 400 g/mol. The smallest absolute Gasteiger partial charge is 0.262 e. The molecule has 7 nitrogen and oxygen atoms in total. The van der Waals surface area contributed by atoms with E-state index in [1.165, 1.54) is 15.8 Å². The van der Waals surface area contributed by atoms with Gasteiger partial charge in [0.25, 0.3) is 11.5 Å². The number of nitrogens with zero attached hydrogens (tertiary/aromatic N) is 2. The standard InChI is InChI=1S/C22H22N4O3S/c27-18(25-16-7-3-1-5-14(16)20(28)24-13-9-10-13)11-26-12-23-21-19(22(26)29)15-6-2-4-8-17(15)30-21/h1,3,5,7,12-13H,2,4,6,8-11H2,(H,24,28)(H,25,27). The van der Waals surface area contributed by atoms with Gasteiger partial charge in [0.05, 0.1) is 23.0 Å². The molecule has 0 saturated heterocycles. The van der Waals surface area contributed by atoms with Crippen LogP contribution in [0.15, 0.2) is 35.4 Å². The van der Waals surface area contributed by atoms with E-state index in [1.54, 1.807) is 35.6 Å². The number of rotatable bonds is 5. The topological polar surface area (TPSA) is 93.1 Å². The second kappa shape index (κ2) is 7.68. The highest BCUT2D eigenvalue weighted by atomic mass is 32.1. The number of fused-ring (bicyclic) bond motifs is 3. The van der Waals surface area contributed by atoms with Crippen molar-refractivity contribution in [1.29, 1.82) is 0 Å². The van der Waals surface area contributed by atoms with Crippen LogP contribution in [0.25, 0.3) is 10.2 Å². The average molecular weight is 423 g/mol. The molecule has 0 bridgehead atoms. The van der Waals surface area contributed by atoms with Gasteiger partial charge in [0.2, 0.25) is 5.91 Å². The first-order valence-corrected chi connectivity index (χ1v) is 11.1. The summed E-state index contributed by atoms with van der Waals surface area (Å²) in [4.78, 5) is 44.6. The number of hydrogen-bond acceptors (Lipinski definition) is 5. The van der Waals surface area contributed by atoms with Gasteiger partial charge < -0.3 is 10.6 Å². The van der Waals surface area contributed by atoms with Crippen molar-refractivity contribution in [3.8, 4) is 0 Å². The van der Waals surface area contributed by atoms with Crippen molar-refractivity contribution in [1.82, 2.24) is 14.9 Å². The summed E-state index contributed by atoms with van der Waals surface area (Å²) in [5.41, 5.74) is 1.80. The molecule has 2 aliphatic carbocycles. The Kier molecular flexibility index (Phi) is 4.86. The molecule has 0 aliphatic heterocycles. The largest absolute Gasteiger partial charge is 0.349 e. The summed E-state index contributed by atoms with van der Waals surface area (Å²) in [6, 6.07) is 7.14. The van der Waals surface area contributed by atoms with E-state index in [1.807, 2.05) is 0 Å². The second-order valence-corrected chi connectivity index (χ2v) is 8.99. The van der Waals surface area contributed by atoms with Crippen LogP contribution in [-0.2, 0) is 24.2 Å². The molecule has 2 amide bonds. The Morgan fingerprint density at radius 3 is 2.80 bits per heavy atom. The minimum Gasteiger partial charge on any atom is -0.349 e. The zero-order chi connectivity index (χ0) is 20.7. The Balaban J connectivity index is 1.37. The number of aryl methyl sites for hydroxylation is 2. The molecule has 1 fully saturated rings. The fraction of sp³-hybridized carbons (Fsp3) is 0.364. The SMILES string of the molecule is O=C(Cn1cnc2sc3c(c2c1=O)CCCC3)Nc1ccccc1C(=O)NC1CC1. The molecule has 2 N–H and O–H groups in total. The lowest BCUT2D eigenvalue weighted by Crippen LogP contribution is -2.30. The third-order valence-electron chi connectivity index (χ3n) is 5.61. The van der Waals surface area contributed by atoms with Crippen LogP contribution >= 0.6 is 11.3 Å². The first-order chi connectivity index (χ1) is 14.6. The monoisotopic (exact) mass is 422 g/mol. The number of thiophene rings is 1. The molecule has 8 heteroatoms. The molecule has 2 aliphatic rings. The lowest BCUT2D eigenvalue weighted by atomic mass is 9.97. The van der Waals surface area contributed by atoms with Gasteiger partial charge in [0.1, 0.15) is 11.4 Å². The molecular formula is C22H22N4O3S. The van der Waals surface area contributed by atoms with E-state index in [4.69, 9.17) is 0 Å². The van der Waals surface area contributed by atoms with Crippen molar-refractivity contribution in [2.75, 3.05) is 5.32 Å². The summed E-state index contributed by atoms with van der Waals surface area (Å²) in [7, 11) is 0. The van der Waals surface area contributed by atoms with Gasteiger partial charge in [-0.15, -0.1) is 11.3 Å². The van der Waals surface area contributed by atoms with Crippen LogP contribution in [0.5, 0.6) is 0 Å². The average Bonchev–Trinajstić information content (AvgIpc) is 3.47. The van der Waals surface area contributed by atoms with Crippen molar-refractivity contribution in [2.24, 2.45) is 0 Å². The van der Waals surface area contributed by atoms with Gasteiger partial charge in [0.15, 0.2) is 0 Å². The number of benzene rings is 1. The van der Waals surface area contributed by atoms with E-state index < -0.39 is 0 Å². The Hall–Kier alpha value is -3.00. The van der Waals surface area contributed by atoms with Crippen molar-refractivity contribution >= 4 is 39.1 Å². The Bertz CT molecular complexity index is 1210. The zero-order valence-electron chi connectivity index (χ0n) is 16.4. The van der Waals surface area contributed by atoms with Crippen LogP contribution in [0, 0.1) is 0 Å². The van der Waals surface area contributed by atoms with Crippen molar-refractivity contribution < 1.29 is 9.59 Å². The fourth-order valence-electron chi connectivity index (χ4n) is 3.92. The minimum absolute atomic E-state index is 0.148. The van der Waals surface area contributed by atoms with Gasteiger partial charge >= 0.3 is 0 Å². The number of hydrogen-bond donors (Lipinski definition) is 2. The molecule has 0 atom stereocenters. The number of aromatic nitrogens is 2. The first-order valence-electron chi connectivity index (χ1n) is 10.3. The highest BCUT2D eigenvalue weighted by molar-refractivity contribution is 7.18. The molecule has 0 spiro atoms. The van der Waals surface area contributed by atoms with Gasteiger partial charge in [-0.2, -0.15) is 0 Å². The van der Waals surface area contributed by atoms with E-state index in [9.17, 15) is 14.4 Å². The second-order valence-electron chi connectivity index (χ2n) is 7.91. The number of anilines is 1. The van der Waals surface area contributed by atoms with E-state index >= 15 is 0 Å². The highest BCUT2D eigenvalue weighted by Gasteiger charge is 2.25. The molecule has 1 aromatic carbocycles. The van der Waals surface area contributed by atoms with Crippen molar-refractivity contribution in [2.45, 2.75) is 51.1 Å². The number of nitrogens with one attached hydrogen (secondary N) is 2. The van der Waals surface area contributed by atoms with Crippen LogP contribution in [0.4, 0.5) is 5.69 Å². The Morgan fingerprint density at radius 1 is 1.17 bits per heavy atom. The van der Waals surface area contributed by atoms with Gasteiger partial charge in [-0.1, -0.05) is 12.1 Å². The maximum absolute atomic E-state index is 13.0. The molecule has 1 saturated carbocycles. The number of para-hydroxylation sites is 1. The molecule has 2 aromatic heterocycles. The van der Waals surface area contributed by atoms with Crippen LogP contribution in [-0.4, -0.2) is 27.4 Å². The summed E-state index contributed by atoms with van der Waals surface area (Å²) in [5, 5.41) is 6.38. The van der Waals surface area contributed by atoms with E-state index in [0.717, 1.165) is 48.9 Å². The summed E-state index contributed by atoms with van der Waals surface area (Å²) < 4.78 is 1.35. The predicted octanol–water partition coefficient (Wildman–Crippen LogP) is 2.87. The van der Waals surface area contributed by atoms with E-state index in [0.29, 0.717) is 16.6 Å². The first kappa shape index (κ1) is 19.0. The molecule has 0 unspecified atom stereocenters. The zero-order valence-corrected chi connectivity index (χ0v) is 17.3. The van der Waals surface area contributed by atoms with Crippen molar-refractivity contribution in [3.63, 3.8) is 0 Å². The normalized spacial score (nSPS) is 15.6. The quantitative estimate of drug-likeness (QED) is 0.661. The third kappa shape index (κ3) is 3.63. The highest BCUT2D eigenvalue weighted by Crippen LogP contribution is 2.33. The van der Waals surface area contributed by atoms with E-state index in [-0.39, 0.29) is 30.0 Å². The van der Waals surface area contributed by atoms with E-state index in [2.05, 4.69) is 15.6 Å². The lowest BCUT2D eigenvalue weighted by Gasteiger charge is -2.12. The molecule has 3 aromatic rings. The number of carbonyl (C=O) groups excluding carboxylic acids is 2. The molecule has 30 heavy (non-hydrogen) atoms. The van der Waals surface area contributed by atoms with Gasteiger partial charge in [-0.05, 0) is 56.2 Å². The van der Waals surface area contributed by atoms with Crippen LogP contribution < -0.4 is 16.2 Å². The third-order valence-corrected chi connectivity index (χ3v) is 6.81. The van der Waals surface area contributed by atoms with Crippen molar-refractivity contribution in [3.05, 3.63) is 57.0 Å². The van der Waals surface area contributed by atoms with Gasteiger partial charge in [-0.25, -0.2) is 4.98 Å². The van der Waals surface area contributed by atoms with Crippen LogP contribution in [0.2, 0.25) is 0 Å². The van der Waals surface area contributed by atoms with Crippen LogP contribution in [0.1, 0.15) is 46.5 Å². The molecule has 2 heterocycles. The summed E-state index contributed by atoms with van der Waals surface area (Å²) >= 11 is 1.59.